The van der Waals surface area contributed by atoms with Crippen LogP contribution in [0.2, 0.25) is 0 Å². The molecule has 0 saturated heterocycles. The highest BCUT2D eigenvalue weighted by Crippen LogP contribution is 2.57. The zero-order valence-electron chi connectivity index (χ0n) is 16.7. The Hall–Kier alpha value is -3.39. The summed E-state index contributed by atoms with van der Waals surface area (Å²) in [6.45, 7) is 1.06. The van der Waals surface area contributed by atoms with Crippen LogP contribution in [0.5, 0.6) is 0 Å². The number of hydrogen-bond acceptors (Lipinski definition) is 7. The maximum absolute atomic E-state index is 12.7. The number of rotatable bonds is 5. The molecule has 1 spiro atoms. The highest BCUT2D eigenvalue weighted by Gasteiger charge is 2.52. The normalized spacial score (nSPS) is 15.9. The predicted molar refractivity (Wildman–Crippen MR) is 111 cm³/mol. The molecule has 152 valence electrons. The summed E-state index contributed by atoms with van der Waals surface area (Å²) in [6.07, 6.45) is 7.41. The smallest absolute Gasteiger partial charge is 0.253 e. The summed E-state index contributed by atoms with van der Waals surface area (Å²) in [6, 6.07) is 9.58. The van der Waals surface area contributed by atoms with Crippen molar-refractivity contribution in [3.8, 4) is 11.3 Å². The molecular weight excluding hydrogens is 380 g/mol. The fourth-order valence-electron chi connectivity index (χ4n) is 4.09. The number of likely N-dealkylation sites (N-methyl/N-ethyl adjacent to an activating group) is 1. The number of hydrogen-bond donors (Lipinski definition) is 1. The molecule has 30 heavy (non-hydrogen) atoms. The van der Waals surface area contributed by atoms with Crippen molar-refractivity contribution in [2.24, 2.45) is 0 Å². The third kappa shape index (κ3) is 3.09. The Balaban J connectivity index is 1.48. The lowest BCUT2D eigenvalue weighted by Gasteiger charge is -2.19. The molecule has 5 rings (SSSR count). The second-order valence-corrected chi connectivity index (χ2v) is 7.93. The minimum atomic E-state index is -0.109. The van der Waals surface area contributed by atoms with Crippen LogP contribution in [0, 0.1) is 0 Å². The molecule has 8 heteroatoms. The van der Waals surface area contributed by atoms with Crippen molar-refractivity contribution in [3.63, 3.8) is 0 Å². The number of aromatic nitrogens is 4. The summed E-state index contributed by atoms with van der Waals surface area (Å²) in [4.78, 5) is 25.5. The fraction of sp³-hybridized carbons (Fsp3) is 0.318. The molecule has 1 fully saturated rings. The van der Waals surface area contributed by atoms with Crippen LogP contribution < -0.4 is 4.90 Å². The molecule has 1 aromatic carbocycles. The first-order valence-corrected chi connectivity index (χ1v) is 10.00. The lowest BCUT2D eigenvalue weighted by atomic mass is 9.97. The van der Waals surface area contributed by atoms with Gasteiger partial charge in [0.25, 0.3) is 5.91 Å². The van der Waals surface area contributed by atoms with E-state index in [0.717, 1.165) is 36.3 Å². The average Bonchev–Trinajstić information content (AvgIpc) is 3.50. The van der Waals surface area contributed by atoms with Gasteiger partial charge >= 0.3 is 0 Å². The van der Waals surface area contributed by atoms with Gasteiger partial charge in [-0.15, -0.1) is 0 Å². The van der Waals surface area contributed by atoms with E-state index in [1.54, 1.807) is 25.6 Å². The molecule has 3 heterocycles. The minimum absolute atomic E-state index is 0.0611. The van der Waals surface area contributed by atoms with Crippen molar-refractivity contribution in [1.29, 1.82) is 0 Å². The van der Waals surface area contributed by atoms with Crippen LogP contribution >= 0.6 is 0 Å². The van der Waals surface area contributed by atoms with E-state index in [-0.39, 0.29) is 17.9 Å². The Morgan fingerprint density at radius 1 is 1.23 bits per heavy atom. The fourth-order valence-corrected chi connectivity index (χ4v) is 4.09. The van der Waals surface area contributed by atoms with Gasteiger partial charge in [-0.3, -0.25) is 4.79 Å². The molecule has 1 amide bonds. The summed E-state index contributed by atoms with van der Waals surface area (Å²) in [5, 5.41) is 17.1. The number of benzene rings is 1. The van der Waals surface area contributed by atoms with Crippen molar-refractivity contribution in [3.05, 3.63) is 60.0 Å². The monoisotopic (exact) mass is 402 g/mol. The molecule has 8 nitrogen and oxygen atoms in total. The molecule has 0 atom stereocenters. The molecule has 1 saturated carbocycles. The number of fused-ring (bicyclic) bond motifs is 2. The number of carbonyl (C=O) groups is 1. The van der Waals surface area contributed by atoms with Crippen molar-refractivity contribution in [1.82, 2.24) is 25.1 Å². The third-order valence-electron chi connectivity index (χ3n) is 5.95. The molecule has 0 radical (unpaired) electrons. The van der Waals surface area contributed by atoms with Crippen LogP contribution in [0.1, 0.15) is 28.8 Å². The van der Waals surface area contributed by atoms with Gasteiger partial charge in [0.2, 0.25) is 5.95 Å². The van der Waals surface area contributed by atoms with Gasteiger partial charge in [0.05, 0.1) is 12.3 Å². The number of aliphatic hydroxyl groups excluding tert-OH is 1. The molecule has 1 aliphatic heterocycles. The Morgan fingerprint density at radius 2 is 2.03 bits per heavy atom. The van der Waals surface area contributed by atoms with Gasteiger partial charge < -0.3 is 14.9 Å². The van der Waals surface area contributed by atoms with Gasteiger partial charge in [-0.25, -0.2) is 9.97 Å². The van der Waals surface area contributed by atoms with E-state index in [9.17, 15) is 4.79 Å². The molecule has 1 aliphatic carbocycles. The second-order valence-electron chi connectivity index (χ2n) is 7.93. The maximum atomic E-state index is 12.7. The van der Waals surface area contributed by atoms with Crippen LogP contribution in [0.15, 0.2) is 48.9 Å². The molecule has 1 N–H and O–H groups in total. The van der Waals surface area contributed by atoms with Crippen molar-refractivity contribution in [2.45, 2.75) is 18.3 Å². The number of amides is 1. The summed E-state index contributed by atoms with van der Waals surface area (Å²) in [7, 11) is 1.69. The zero-order valence-corrected chi connectivity index (χ0v) is 16.7. The quantitative estimate of drug-likeness (QED) is 0.699. The number of aliphatic hydroxyl groups is 1. The molecule has 0 unspecified atom stereocenters. The number of anilines is 2. The van der Waals surface area contributed by atoms with E-state index >= 15 is 0 Å². The number of nitrogens with zero attached hydrogens (tertiary/aromatic N) is 6. The van der Waals surface area contributed by atoms with E-state index in [1.165, 1.54) is 10.5 Å². The predicted octanol–water partition coefficient (Wildman–Crippen LogP) is 2.18. The van der Waals surface area contributed by atoms with E-state index in [0.29, 0.717) is 18.1 Å². The van der Waals surface area contributed by atoms with Crippen LogP contribution in [0.4, 0.5) is 11.6 Å². The van der Waals surface area contributed by atoms with E-state index in [1.807, 2.05) is 24.3 Å². The third-order valence-corrected chi connectivity index (χ3v) is 5.95. The van der Waals surface area contributed by atoms with E-state index < -0.39 is 0 Å². The Morgan fingerprint density at radius 3 is 2.70 bits per heavy atom. The first-order chi connectivity index (χ1) is 14.6. The topological polar surface area (TPSA) is 95.3 Å². The Kier molecular flexibility index (Phi) is 4.43. The van der Waals surface area contributed by atoms with Crippen molar-refractivity contribution in [2.75, 3.05) is 31.6 Å². The highest BCUT2D eigenvalue weighted by molar-refractivity contribution is 5.96. The molecule has 0 bridgehead atoms. The molecule has 2 aromatic heterocycles. The van der Waals surface area contributed by atoms with Gasteiger partial charge in [0.15, 0.2) is 0 Å². The standard InChI is InChI=1S/C22H22N6O2/c1-27(9-10-29)20(30)15-4-5-17-19(11-15)28(14-22(17)6-7-22)21-23-12-16(13-24-21)18-3-2-8-25-26-18/h2-5,8,11-13,29H,6-7,9-10,14H2,1H3. The molecule has 3 aromatic rings. The van der Waals surface area contributed by atoms with Gasteiger partial charge in [-0.1, -0.05) is 6.07 Å². The zero-order chi connectivity index (χ0) is 20.7. The summed E-state index contributed by atoms with van der Waals surface area (Å²) in [5.74, 6) is 0.503. The second kappa shape index (κ2) is 7.14. The van der Waals surface area contributed by atoms with E-state index in [4.69, 9.17) is 5.11 Å². The average molecular weight is 402 g/mol. The van der Waals surface area contributed by atoms with Crippen LogP contribution in [-0.4, -0.2) is 62.8 Å². The Labute approximate surface area is 174 Å². The summed E-state index contributed by atoms with van der Waals surface area (Å²) >= 11 is 0. The lowest BCUT2D eigenvalue weighted by molar-refractivity contribution is 0.0767. The van der Waals surface area contributed by atoms with Crippen molar-refractivity contribution < 1.29 is 9.90 Å². The van der Waals surface area contributed by atoms with E-state index in [2.05, 4.69) is 31.1 Å². The summed E-state index contributed by atoms with van der Waals surface area (Å²) < 4.78 is 0. The summed E-state index contributed by atoms with van der Waals surface area (Å²) in [5.41, 5.74) is 4.52. The molecule has 2 aliphatic rings. The van der Waals surface area contributed by atoms with Gasteiger partial charge in [-0.2, -0.15) is 10.2 Å². The number of carbonyl (C=O) groups excluding carboxylic acids is 1. The largest absolute Gasteiger partial charge is 0.395 e. The van der Waals surface area contributed by atoms with Crippen LogP contribution in [-0.2, 0) is 5.41 Å². The van der Waals surface area contributed by atoms with Gasteiger partial charge in [0, 0.05) is 61.0 Å². The first kappa shape index (κ1) is 18.6. The van der Waals surface area contributed by atoms with Crippen LogP contribution in [0.25, 0.3) is 11.3 Å². The SMILES string of the molecule is CN(CCO)C(=O)c1ccc2c(c1)N(c1ncc(-c3cccnn3)cn1)CC21CC1. The van der Waals surface area contributed by atoms with Gasteiger partial charge in [0.1, 0.15) is 0 Å². The van der Waals surface area contributed by atoms with Crippen LogP contribution in [0.3, 0.4) is 0 Å². The molecular formula is C22H22N6O2. The van der Waals surface area contributed by atoms with Crippen molar-refractivity contribution >= 4 is 17.5 Å². The highest BCUT2D eigenvalue weighted by atomic mass is 16.3. The minimum Gasteiger partial charge on any atom is -0.395 e. The lowest BCUT2D eigenvalue weighted by Crippen LogP contribution is -2.29. The maximum Gasteiger partial charge on any atom is 0.253 e. The Bertz CT molecular complexity index is 1080. The first-order valence-electron chi connectivity index (χ1n) is 10.00. The van der Waals surface area contributed by atoms with Gasteiger partial charge in [-0.05, 0) is 42.7 Å².